The summed E-state index contributed by atoms with van der Waals surface area (Å²) in [7, 11) is 0. The molecule has 14 nitrogen and oxygen atoms in total. The van der Waals surface area contributed by atoms with Crippen LogP contribution in [0.3, 0.4) is 0 Å². The van der Waals surface area contributed by atoms with E-state index in [4.69, 9.17) is 18.9 Å². The third kappa shape index (κ3) is 7.39. The predicted molar refractivity (Wildman–Crippen MR) is 107 cm³/mol. The van der Waals surface area contributed by atoms with Crippen molar-refractivity contribution in [1.82, 2.24) is 0 Å². The second kappa shape index (κ2) is 13.4. The predicted octanol–water partition coefficient (Wildman–Crippen LogP) is -3.60. The number of aliphatic hydroxyl groups excluding tert-OH is 7. The quantitative estimate of drug-likeness (QED) is 0.0834. The van der Waals surface area contributed by atoms with Gasteiger partial charge in [-0.15, -0.1) is 0 Å². The molecule has 0 radical (unpaired) electrons. The van der Waals surface area contributed by atoms with Gasteiger partial charge in [-0.1, -0.05) is 6.58 Å². The van der Waals surface area contributed by atoms with E-state index in [-0.39, 0.29) is 12.8 Å². The third-order valence-corrected chi connectivity index (χ3v) is 5.43. The van der Waals surface area contributed by atoms with E-state index >= 15 is 0 Å². The molecule has 34 heavy (non-hydrogen) atoms. The van der Waals surface area contributed by atoms with Gasteiger partial charge in [0, 0.05) is 12.8 Å². The number of rotatable bonds is 11. The Bertz CT molecular complexity index is 672. The Labute approximate surface area is 194 Å². The molecule has 0 aromatic rings. The highest BCUT2D eigenvalue weighted by Crippen LogP contribution is 2.28. The second-order valence-electron chi connectivity index (χ2n) is 7.89. The van der Waals surface area contributed by atoms with Gasteiger partial charge in [-0.05, 0) is 12.8 Å². The van der Waals surface area contributed by atoms with Crippen molar-refractivity contribution >= 4 is 11.9 Å². The fourth-order valence-electron chi connectivity index (χ4n) is 3.49. The third-order valence-electron chi connectivity index (χ3n) is 5.43. The summed E-state index contributed by atoms with van der Waals surface area (Å²) in [6.07, 6.45) is -14.7. The summed E-state index contributed by atoms with van der Waals surface area (Å²) in [5, 5.41) is 69.5. The van der Waals surface area contributed by atoms with Crippen LogP contribution in [0.25, 0.3) is 0 Å². The van der Waals surface area contributed by atoms with Gasteiger partial charge in [0.15, 0.2) is 12.6 Å². The van der Waals surface area contributed by atoms with Crippen molar-refractivity contribution in [3.05, 3.63) is 12.8 Å². The topological polar surface area (TPSA) is 222 Å². The largest absolute Gasteiger partial charge is 0.463 e. The van der Waals surface area contributed by atoms with Gasteiger partial charge in [-0.3, -0.25) is 9.59 Å². The minimum atomic E-state index is -1.81. The minimum absolute atomic E-state index is 0.0424. The molecule has 2 fully saturated rings. The lowest BCUT2D eigenvalue weighted by atomic mass is 9.97. The number of hydrogen-bond donors (Lipinski definition) is 7. The van der Waals surface area contributed by atoms with E-state index in [9.17, 15) is 45.3 Å². The van der Waals surface area contributed by atoms with E-state index in [2.05, 4.69) is 11.3 Å². The second-order valence-corrected chi connectivity index (χ2v) is 7.89. The van der Waals surface area contributed by atoms with Crippen molar-refractivity contribution in [1.29, 1.82) is 0 Å². The minimum Gasteiger partial charge on any atom is -0.463 e. The molecule has 0 amide bonds. The molecule has 2 rings (SSSR count). The molecule has 2 aliphatic heterocycles. The van der Waals surface area contributed by atoms with E-state index in [1.807, 2.05) is 0 Å². The Morgan fingerprint density at radius 2 is 1.47 bits per heavy atom. The fourth-order valence-corrected chi connectivity index (χ4v) is 3.49. The standard InChI is InChI=1S/C20H32O14/c1-2-30-11(22)5-3-4-6-12(23)31-8-10-13(24)14(25)17(28)20(33-10)34-18-9(7-21)32-19(29)16(27)15(18)26/h2,9-10,13-21,24-29H,1,3-8H2/t9-,10-,13+,14+,15-,16-,17-,18-,19-,20+/m1/s1. The number of carbonyl (C=O) groups excluding carboxylic acids is 2. The van der Waals surface area contributed by atoms with Gasteiger partial charge in [0.25, 0.3) is 0 Å². The molecule has 0 aliphatic carbocycles. The van der Waals surface area contributed by atoms with E-state index in [1.165, 1.54) is 0 Å². The van der Waals surface area contributed by atoms with Crippen molar-refractivity contribution in [2.45, 2.75) is 87.1 Å². The van der Waals surface area contributed by atoms with Crippen LogP contribution < -0.4 is 0 Å². The molecule has 0 spiro atoms. The summed E-state index contributed by atoms with van der Waals surface area (Å²) in [4.78, 5) is 23.1. The van der Waals surface area contributed by atoms with Crippen LogP contribution in [0.1, 0.15) is 25.7 Å². The summed E-state index contributed by atoms with van der Waals surface area (Å²) >= 11 is 0. The summed E-state index contributed by atoms with van der Waals surface area (Å²) < 4.78 is 25.3. The maximum absolute atomic E-state index is 11.9. The van der Waals surface area contributed by atoms with Gasteiger partial charge < -0.3 is 59.4 Å². The average Bonchev–Trinajstić information content (AvgIpc) is 2.81. The molecule has 14 heteroatoms. The normalized spacial score (nSPS) is 38.2. The number of hydrogen-bond acceptors (Lipinski definition) is 14. The SMILES string of the molecule is C=COC(=O)CCCCC(=O)OC[C@H]1O[C@@H](O[C@H]2[C@H](O)[C@@H](O)[C@H](O)O[C@@H]2CO)[C@H](O)[C@@H](O)[C@H]1O. The maximum Gasteiger partial charge on any atom is 0.310 e. The number of carbonyl (C=O) groups is 2. The van der Waals surface area contributed by atoms with Crippen molar-refractivity contribution in [2.24, 2.45) is 0 Å². The summed E-state index contributed by atoms with van der Waals surface area (Å²) in [6, 6.07) is 0. The zero-order chi connectivity index (χ0) is 25.4. The Hall–Kier alpha value is -1.72. The number of ether oxygens (including phenoxy) is 5. The van der Waals surface area contributed by atoms with Gasteiger partial charge in [-0.25, -0.2) is 0 Å². The van der Waals surface area contributed by atoms with E-state index in [1.54, 1.807) is 0 Å². The highest BCUT2D eigenvalue weighted by Gasteiger charge is 2.50. The van der Waals surface area contributed by atoms with E-state index < -0.39 is 86.6 Å². The molecule has 0 saturated carbocycles. The lowest BCUT2D eigenvalue weighted by molar-refractivity contribution is -0.355. The van der Waals surface area contributed by atoms with Crippen molar-refractivity contribution in [3.63, 3.8) is 0 Å². The van der Waals surface area contributed by atoms with Gasteiger partial charge in [-0.2, -0.15) is 0 Å². The van der Waals surface area contributed by atoms with Gasteiger partial charge >= 0.3 is 11.9 Å². The molecular formula is C20H32O14. The summed E-state index contributed by atoms with van der Waals surface area (Å²) in [6.45, 7) is 2.01. The first-order valence-corrected chi connectivity index (χ1v) is 10.7. The monoisotopic (exact) mass is 496 g/mol. The average molecular weight is 496 g/mol. The Kier molecular flexibility index (Phi) is 11.2. The molecule has 2 heterocycles. The first-order valence-electron chi connectivity index (χ1n) is 10.7. The molecule has 0 bridgehead atoms. The summed E-state index contributed by atoms with van der Waals surface area (Å²) in [5.74, 6) is -1.15. The maximum atomic E-state index is 11.9. The number of esters is 2. The van der Waals surface area contributed by atoms with Crippen molar-refractivity contribution < 1.29 is 69.0 Å². The molecule has 0 unspecified atom stereocenters. The lowest BCUT2D eigenvalue weighted by Gasteiger charge is -2.45. The van der Waals surface area contributed by atoms with Crippen molar-refractivity contribution in [3.8, 4) is 0 Å². The van der Waals surface area contributed by atoms with Gasteiger partial charge in [0.1, 0.15) is 55.4 Å². The Morgan fingerprint density at radius 3 is 2.09 bits per heavy atom. The highest BCUT2D eigenvalue weighted by atomic mass is 16.7. The van der Waals surface area contributed by atoms with Crippen LogP contribution in [-0.4, -0.2) is 122 Å². The summed E-state index contributed by atoms with van der Waals surface area (Å²) in [5.41, 5.74) is 0. The van der Waals surface area contributed by atoms with Crippen LogP contribution in [0.2, 0.25) is 0 Å². The first-order chi connectivity index (χ1) is 16.1. The smallest absolute Gasteiger partial charge is 0.310 e. The molecule has 0 aromatic carbocycles. The molecular weight excluding hydrogens is 464 g/mol. The van der Waals surface area contributed by atoms with E-state index in [0.717, 1.165) is 6.26 Å². The number of unbranched alkanes of at least 4 members (excludes halogenated alkanes) is 1. The molecule has 7 N–H and O–H groups in total. The van der Waals surface area contributed by atoms with Crippen LogP contribution in [0.4, 0.5) is 0 Å². The lowest BCUT2D eigenvalue weighted by Crippen LogP contribution is -2.64. The molecule has 2 saturated heterocycles. The van der Waals surface area contributed by atoms with E-state index in [0.29, 0.717) is 12.8 Å². The Morgan fingerprint density at radius 1 is 0.824 bits per heavy atom. The highest BCUT2D eigenvalue weighted by molar-refractivity contribution is 5.70. The van der Waals surface area contributed by atoms with Crippen LogP contribution >= 0.6 is 0 Å². The van der Waals surface area contributed by atoms with Crippen molar-refractivity contribution in [2.75, 3.05) is 13.2 Å². The number of aliphatic hydroxyl groups is 7. The van der Waals surface area contributed by atoms with Crippen LogP contribution in [0.15, 0.2) is 12.8 Å². The molecule has 2 aliphatic rings. The van der Waals surface area contributed by atoms with Gasteiger partial charge in [0.05, 0.1) is 12.9 Å². The van der Waals surface area contributed by atoms with Crippen LogP contribution in [-0.2, 0) is 33.3 Å². The van der Waals surface area contributed by atoms with Gasteiger partial charge in [0.2, 0.25) is 0 Å². The molecule has 196 valence electrons. The fraction of sp³-hybridized carbons (Fsp3) is 0.800. The van der Waals surface area contributed by atoms with Crippen LogP contribution in [0.5, 0.6) is 0 Å². The molecule has 0 aromatic heterocycles. The zero-order valence-corrected chi connectivity index (χ0v) is 18.3. The Balaban J connectivity index is 1.89. The van der Waals surface area contributed by atoms with Crippen LogP contribution in [0, 0.1) is 0 Å². The molecule has 10 atom stereocenters. The zero-order valence-electron chi connectivity index (χ0n) is 18.3. The first kappa shape index (κ1) is 28.5.